The number of nitrogens with zero attached hydrogens (tertiary/aromatic N) is 2. The molecule has 1 heterocycles. The monoisotopic (exact) mass is 201 g/mol. The highest BCUT2D eigenvalue weighted by Gasteiger charge is 2.07. The summed E-state index contributed by atoms with van der Waals surface area (Å²) in [5, 5.41) is 12.2. The van der Waals surface area contributed by atoms with Crippen LogP contribution in [0.5, 0.6) is 0 Å². The predicted molar refractivity (Wildman–Crippen MR) is 51.8 cm³/mol. The second kappa shape index (κ2) is 4.99. The molecule has 0 aliphatic carbocycles. The summed E-state index contributed by atoms with van der Waals surface area (Å²) in [5.74, 6) is 0.519. The molecule has 0 saturated heterocycles. The van der Waals surface area contributed by atoms with Gasteiger partial charge in [-0.25, -0.2) is 9.97 Å². The summed E-state index contributed by atoms with van der Waals surface area (Å²) < 4.78 is 0. The lowest BCUT2D eigenvalue weighted by atomic mass is 10.2. The Labute approximate surface area is 82.0 Å². The largest absolute Gasteiger partial charge is 0.394 e. The van der Waals surface area contributed by atoms with Gasteiger partial charge in [0.25, 0.3) is 0 Å². The maximum Gasteiger partial charge on any atom is 0.171 e. The third kappa shape index (κ3) is 2.82. The first-order valence-corrected chi connectivity index (χ1v) is 4.49. The first kappa shape index (κ1) is 10.2. The molecule has 4 nitrogen and oxygen atoms in total. The molecule has 5 heteroatoms. The Balaban J connectivity index is 2.67. The molecule has 0 saturated carbocycles. The van der Waals surface area contributed by atoms with Gasteiger partial charge in [0.1, 0.15) is 0 Å². The zero-order valence-corrected chi connectivity index (χ0v) is 8.12. The van der Waals surface area contributed by atoms with Gasteiger partial charge in [0.05, 0.1) is 12.6 Å². The fourth-order valence-electron chi connectivity index (χ4n) is 0.888. The molecule has 0 bridgehead atoms. The molecule has 0 fully saturated rings. The minimum absolute atomic E-state index is 0.0193. The second-order valence-corrected chi connectivity index (χ2v) is 2.99. The first-order valence-electron chi connectivity index (χ1n) is 4.11. The average molecular weight is 202 g/mol. The van der Waals surface area contributed by atoms with Crippen molar-refractivity contribution in [2.24, 2.45) is 0 Å². The van der Waals surface area contributed by atoms with Crippen LogP contribution in [-0.4, -0.2) is 27.7 Å². The van der Waals surface area contributed by atoms with Crippen LogP contribution < -0.4 is 5.32 Å². The van der Waals surface area contributed by atoms with Crippen molar-refractivity contribution in [2.75, 3.05) is 11.9 Å². The molecule has 72 valence electrons. The standard InChI is InChI=1S/C8H12ClN3O/c1-2-6(5-13)12-8-7(9)10-3-4-11-8/h3-4,6,13H,2,5H2,1H3,(H,11,12). The Morgan fingerprint density at radius 1 is 1.54 bits per heavy atom. The number of halogens is 1. The minimum Gasteiger partial charge on any atom is -0.394 e. The van der Waals surface area contributed by atoms with Crippen LogP contribution in [0.25, 0.3) is 0 Å². The minimum atomic E-state index is -0.0193. The Morgan fingerprint density at radius 3 is 2.77 bits per heavy atom. The molecule has 0 aliphatic heterocycles. The van der Waals surface area contributed by atoms with E-state index in [1.165, 1.54) is 6.20 Å². The fourth-order valence-corrected chi connectivity index (χ4v) is 1.05. The summed E-state index contributed by atoms with van der Waals surface area (Å²) >= 11 is 5.76. The molecule has 1 aromatic rings. The van der Waals surface area contributed by atoms with Gasteiger partial charge < -0.3 is 10.4 Å². The third-order valence-electron chi connectivity index (χ3n) is 1.71. The number of anilines is 1. The highest BCUT2D eigenvalue weighted by Crippen LogP contribution is 2.15. The van der Waals surface area contributed by atoms with Gasteiger partial charge in [-0.1, -0.05) is 18.5 Å². The maximum absolute atomic E-state index is 8.92. The summed E-state index contributed by atoms with van der Waals surface area (Å²) in [6, 6.07) is -0.0193. The van der Waals surface area contributed by atoms with E-state index in [0.29, 0.717) is 11.0 Å². The quantitative estimate of drug-likeness (QED) is 0.772. The van der Waals surface area contributed by atoms with Gasteiger partial charge in [0.15, 0.2) is 11.0 Å². The van der Waals surface area contributed by atoms with Gasteiger partial charge in [0.2, 0.25) is 0 Å². The van der Waals surface area contributed by atoms with Gasteiger partial charge in [0, 0.05) is 12.4 Å². The molecular formula is C8H12ClN3O. The molecule has 1 unspecified atom stereocenters. The number of hydrogen-bond acceptors (Lipinski definition) is 4. The van der Waals surface area contributed by atoms with Crippen LogP contribution in [0, 0.1) is 0 Å². The smallest absolute Gasteiger partial charge is 0.171 e. The molecular weight excluding hydrogens is 190 g/mol. The molecule has 0 radical (unpaired) electrons. The van der Waals surface area contributed by atoms with E-state index in [9.17, 15) is 0 Å². The number of nitrogens with one attached hydrogen (secondary N) is 1. The van der Waals surface area contributed by atoms with Crippen molar-refractivity contribution in [3.05, 3.63) is 17.5 Å². The highest BCUT2D eigenvalue weighted by atomic mass is 35.5. The molecule has 1 atom stereocenters. The lowest BCUT2D eigenvalue weighted by molar-refractivity contribution is 0.271. The van der Waals surface area contributed by atoms with Gasteiger partial charge >= 0.3 is 0 Å². The zero-order valence-electron chi connectivity index (χ0n) is 7.37. The van der Waals surface area contributed by atoms with E-state index in [0.717, 1.165) is 6.42 Å². The molecule has 0 amide bonds. The van der Waals surface area contributed by atoms with Crippen molar-refractivity contribution in [3.63, 3.8) is 0 Å². The summed E-state index contributed by atoms with van der Waals surface area (Å²) in [5.41, 5.74) is 0. The van der Waals surface area contributed by atoms with E-state index >= 15 is 0 Å². The lowest BCUT2D eigenvalue weighted by Gasteiger charge is -2.14. The Kier molecular flexibility index (Phi) is 3.92. The van der Waals surface area contributed by atoms with Crippen molar-refractivity contribution >= 4 is 17.4 Å². The van der Waals surface area contributed by atoms with E-state index < -0.39 is 0 Å². The van der Waals surface area contributed by atoms with Gasteiger partial charge in [-0.3, -0.25) is 0 Å². The summed E-state index contributed by atoms with van der Waals surface area (Å²) in [6.45, 7) is 2.03. The number of aromatic nitrogens is 2. The number of aliphatic hydroxyl groups excluding tert-OH is 1. The topological polar surface area (TPSA) is 58.0 Å². The normalized spacial score (nSPS) is 12.5. The van der Waals surface area contributed by atoms with Crippen molar-refractivity contribution in [3.8, 4) is 0 Å². The molecule has 0 aliphatic rings. The van der Waals surface area contributed by atoms with Crippen LogP contribution >= 0.6 is 11.6 Å². The van der Waals surface area contributed by atoms with Gasteiger partial charge in [-0.2, -0.15) is 0 Å². The molecule has 1 rings (SSSR count). The molecule has 2 N–H and O–H groups in total. The van der Waals surface area contributed by atoms with E-state index in [1.54, 1.807) is 6.20 Å². The van der Waals surface area contributed by atoms with Crippen LogP contribution in [0.15, 0.2) is 12.4 Å². The molecule has 13 heavy (non-hydrogen) atoms. The Bertz CT molecular complexity index is 265. The van der Waals surface area contributed by atoms with Crippen LogP contribution in [0.3, 0.4) is 0 Å². The first-order chi connectivity index (χ1) is 6.27. The van der Waals surface area contributed by atoms with Crippen molar-refractivity contribution < 1.29 is 5.11 Å². The third-order valence-corrected chi connectivity index (χ3v) is 1.98. The van der Waals surface area contributed by atoms with Crippen LogP contribution in [0.4, 0.5) is 5.82 Å². The molecule has 0 spiro atoms. The van der Waals surface area contributed by atoms with E-state index in [-0.39, 0.29) is 12.6 Å². The van der Waals surface area contributed by atoms with Crippen molar-refractivity contribution in [1.82, 2.24) is 9.97 Å². The Morgan fingerprint density at radius 2 is 2.23 bits per heavy atom. The molecule has 0 aromatic carbocycles. The van der Waals surface area contributed by atoms with Gasteiger partial charge in [-0.05, 0) is 6.42 Å². The second-order valence-electron chi connectivity index (χ2n) is 2.63. The lowest BCUT2D eigenvalue weighted by Crippen LogP contribution is -2.23. The van der Waals surface area contributed by atoms with Crippen LogP contribution in [0.2, 0.25) is 5.15 Å². The van der Waals surface area contributed by atoms with E-state index in [4.69, 9.17) is 16.7 Å². The van der Waals surface area contributed by atoms with Crippen molar-refractivity contribution in [1.29, 1.82) is 0 Å². The summed E-state index contributed by atoms with van der Waals surface area (Å²) in [7, 11) is 0. The number of aliphatic hydroxyl groups is 1. The van der Waals surface area contributed by atoms with Crippen LogP contribution in [-0.2, 0) is 0 Å². The average Bonchev–Trinajstić information content (AvgIpc) is 2.17. The maximum atomic E-state index is 8.92. The SMILES string of the molecule is CCC(CO)Nc1nccnc1Cl. The fraction of sp³-hybridized carbons (Fsp3) is 0.500. The zero-order chi connectivity index (χ0) is 9.68. The predicted octanol–water partition coefficient (Wildman–Crippen LogP) is 1.31. The number of rotatable bonds is 4. The van der Waals surface area contributed by atoms with E-state index in [1.807, 2.05) is 6.92 Å². The van der Waals surface area contributed by atoms with Crippen LogP contribution in [0.1, 0.15) is 13.3 Å². The van der Waals surface area contributed by atoms with Crippen molar-refractivity contribution in [2.45, 2.75) is 19.4 Å². The summed E-state index contributed by atoms with van der Waals surface area (Å²) in [6.07, 6.45) is 3.88. The highest BCUT2D eigenvalue weighted by molar-refractivity contribution is 6.31. The molecule has 1 aromatic heterocycles. The van der Waals surface area contributed by atoms with E-state index in [2.05, 4.69) is 15.3 Å². The Hall–Kier alpha value is -0.870. The summed E-state index contributed by atoms with van der Waals surface area (Å²) in [4.78, 5) is 7.86. The number of hydrogen-bond donors (Lipinski definition) is 2. The van der Waals surface area contributed by atoms with Gasteiger partial charge in [-0.15, -0.1) is 0 Å².